The highest BCUT2D eigenvalue weighted by molar-refractivity contribution is 5.97. The van der Waals surface area contributed by atoms with Crippen molar-refractivity contribution in [3.05, 3.63) is 71.4 Å². The number of likely N-dealkylation sites (N-methyl/N-ethyl adjacent to an activating group) is 1. The van der Waals surface area contributed by atoms with E-state index in [1.807, 2.05) is 35.7 Å². The van der Waals surface area contributed by atoms with E-state index in [2.05, 4.69) is 75.5 Å². The van der Waals surface area contributed by atoms with E-state index in [1.165, 1.54) is 17.6 Å². The fraction of sp³-hybridized carbons (Fsp3) is 0.568. The van der Waals surface area contributed by atoms with Gasteiger partial charge in [-0.3, -0.25) is 14.5 Å². The zero-order chi connectivity index (χ0) is 32.1. The van der Waals surface area contributed by atoms with Gasteiger partial charge in [-0.25, -0.2) is 0 Å². The van der Waals surface area contributed by atoms with Gasteiger partial charge in [0.2, 0.25) is 0 Å². The normalized spacial score (nSPS) is 17.7. The van der Waals surface area contributed by atoms with Crippen molar-refractivity contribution in [1.29, 1.82) is 0 Å². The molecule has 7 nitrogen and oxygen atoms in total. The van der Waals surface area contributed by atoms with Gasteiger partial charge in [-0.2, -0.15) is 5.10 Å². The number of amides is 1. The molecule has 2 heterocycles. The Morgan fingerprint density at radius 3 is 2.59 bits per heavy atom. The predicted molar refractivity (Wildman–Crippen MR) is 183 cm³/mol. The summed E-state index contributed by atoms with van der Waals surface area (Å²) < 4.78 is 8.45. The van der Waals surface area contributed by atoms with Crippen LogP contribution in [0.15, 0.2) is 65.2 Å². The van der Waals surface area contributed by atoms with Crippen molar-refractivity contribution in [1.82, 2.24) is 20.0 Å². The number of carbonyl (C=O) groups excluding carboxylic acids is 1. The number of nitrogens with one attached hydrogen (secondary N) is 1. The zero-order valence-electron chi connectivity index (χ0n) is 28.3. The highest BCUT2D eigenvalue weighted by Gasteiger charge is 2.37. The van der Waals surface area contributed by atoms with Crippen molar-refractivity contribution in [3.8, 4) is 0 Å². The van der Waals surface area contributed by atoms with Crippen LogP contribution in [0.25, 0.3) is 5.76 Å². The predicted octanol–water partition coefficient (Wildman–Crippen LogP) is 8.57. The molecular weight excluding hydrogens is 546 g/mol. The van der Waals surface area contributed by atoms with E-state index in [1.54, 1.807) is 6.20 Å². The summed E-state index contributed by atoms with van der Waals surface area (Å²) in [6, 6.07) is 8.53. The summed E-state index contributed by atoms with van der Waals surface area (Å²) in [4.78, 5) is 21.5. The van der Waals surface area contributed by atoms with Crippen molar-refractivity contribution in [2.24, 2.45) is 4.99 Å². The number of hydrogen-bond donors (Lipinski definition) is 1. The largest absolute Gasteiger partial charge is 0.472 e. The number of aromatic nitrogens is 2. The third-order valence-electron chi connectivity index (χ3n) is 8.47. The Morgan fingerprint density at radius 2 is 1.95 bits per heavy atom. The van der Waals surface area contributed by atoms with Crippen LogP contribution in [0.2, 0.25) is 0 Å². The van der Waals surface area contributed by atoms with E-state index in [9.17, 15) is 4.79 Å². The lowest BCUT2D eigenvalue weighted by molar-refractivity contribution is -0.141. The number of carbonyl (C=O) groups is 1. The topological polar surface area (TPSA) is 71.8 Å². The Bertz CT molecular complexity index is 1330. The number of aliphatic imine (C=N–C) groups is 1. The van der Waals surface area contributed by atoms with Gasteiger partial charge in [0, 0.05) is 30.7 Å². The molecule has 1 saturated carbocycles. The molecule has 240 valence electrons. The molecular formula is C37H55N5O2. The van der Waals surface area contributed by atoms with Crippen LogP contribution >= 0.6 is 0 Å². The lowest BCUT2D eigenvalue weighted by Crippen LogP contribution is -2.54. The molecule has 4 rings (SSSR count). The molecule has 1 aliphatic heterocycles. The lowest BCUT2D eigenvalue weighted by atomic mass is 9.93. The van der Waals surface area contributed by atoms with Gasteiger partial charge in [0.15, 0.2) is 11.9 Å². The first-order valence-electron chi connectivity index (χ1n) is 16.9. The Labute approximate surface area is 266 Å². The van der Waals surface area contributed by atoms with Gasteiger partial charge in [-0.15, -0.1) is 0 Å². The standard InChI is InChI=1S/C35H49N5O2.C2H6/c1-7-11-16-27-17-12-13-20-30(27)38-26(6)34-33(36-10-4)25(5)21-22-39(34)35(41)32(15-8-2)42-31(9-3)28-23-37-40(24-28)29-18-14-19-29;1-2/h12-13,17,20,23-24,29,32,34,36H,3,7-8,10-11,14-16,18-19,21-22H2,1-2,4-6H3;1-2H3/t32?,34-;/m0./s1. The Balaban J connectivity index is 0.00000259. The summed E-state index contributed by atoms with van der Waals surface area (Å²) in [6.45, 7) is 19.9. The van der Waals surface area contributed by atoms with Crippen LogP contribution in [-0.4, -0.2) is 51.5 Å². The first kappa shape index (κ1) is 34.9. The molecule has 2 aliphatic rings. The van der Waals surface area contributed by atoms with E-state index in [0.717, 1.165) is 74.2 Å². The molecule has 1 aromatic carbocycles. The Kier molecular flexibility index (Phi) is 14.0. The maximum absolute atomic E-state index is 14.4. The van der Waals surface area contributed by atoms with Crippen LogP contribution in [0.4, 0.5) is 5.69 Å². The molecule has 1 amide bonds. The number of aryl methyl sites for hydroxylation is 1. The third kappa shape index (κ3) is 8.53. The molecule has 1 unspecified atom stereocenters. The molecule has 7 heteroatoms. The molecule has 0 spiro atoms. The minimum absolute atomic E-state index is 0.0299. The second-order valence-corrected chi connectivity index (χ2v) is 11.6. The van der Waals surface area contributed by atoms with Crippen LogP contribution in [0.5, 0.6) is 0 Å². The van der Waals surface area contributed by atoms with Crippen LogP contribution in [-0.2, 0) is 16.0 Å². The first-order valence-corrected chi connectivity index (χ1v) is 16.9. The fourth-order valence-corrected chi connectivity index (χ4v) is 5.84. The van der Waals surface area contributed by atoms with Crippen molar-refractivity contribution in [2.45, 2.75) is 124 Å². The van der Waals surface area contributed by atoms with Gasteiger partial charge in [0.1, 0.15) is 6.04 Å². The summed E-state index contributed by atoms with van der Waals surface area (Å²) in [7, 11) is 0. The van der Waals surface area contributed by atoms with Gasteiger partial charge >= 0.3 is 0 Å². The summed E-state index contributed by atoms with van der Waals surface area (Å²) in [5.41, 5.74) is 9.23. The van der Waals surface area contributed by atoms with Crippen LogP contribution < -0.4 is 5.32 Å². The highest BCUT2D eigenvalue weighted by Crippen LogP contribution is 2.33. The molecule has 0 radical (unpaired) electrons. The molecule has 44 heavy (non-hydrogen) atoms. The SMILES string of the molecule is C=C=C(OC(CCC)C(=O)N1CCC(C)=C(NCC)[C@@H]1C(C)=Nc1ccccc1CCCC)c1cnn(C2CCC2)c1.CC. The minimum Gasteiger partial charge on any atom is -0.472 e. The second-order valence-electron chi connectivity index (χ2n) is 11.6. The van der Waals surface area contributed by atoms with E-state index in [0.29, 0.717) is 24.8 Å². The molecule has 2 atom stereocenters. The van der Waals surface area contributed by atoms with Crippen LogP contribution in [0.3, 0.4) is 0 Å². The number of hydrogen-bond acceptors (Lipinski definition) is 5. The lowest BCUT2D eigenvalue weighted by Gasteiger charge is -2.40. The fourth-order valence-electron chi connectivity index (χ4n) is 5.84. The molecule has 1 aromatic heterocycles. The molecule has 1 N–H and O–H groups in total. The highest BCUT2D eigenvalue weighted by atomic mass is 16.5. The molecule has 2 aromatic rings. The van der Waals surface area contributed by atoms with E-state index < -0.39 is 6.10 Å². The molecule has 1 aliphatic carbocycles. The van der Waals surface area contributed by atoms with Crippen molar-refractivity contribution < 1.29 is 9.53 Å². The quantitative estimate of drug-likeness (QED) is 0.134. The van der Waals surface area contributed by atoms with Gasteiger partial charge in [-0.1, -0.05) is 76.6 Å². The van der Waals surface area contributed by atoms with Crippen molar-refractivity contribution in [2.75, 3.05) is 13.1 Å². The summed E-state index contributed by atoms with van der Waals surface area (Å²) in [5.74, 6) is 0.451. The van der Waals surface area contributed by atoms with E-state index in [-0.39, 0.29) is 11.9 Å². The average Bonchev–Trinajstić information content (AvgIpc) is 3.48. The first-order chi connectivity index (χ1) is 21.4. The van der Waals surface area contributed by atoms with Crippen molar-refractivity contribution >= 4 is 23.1 Å². The maximum atomic E-state index is 14.4. The van der Waals surface area contributed by atoms with Gasteiger partial charge in [0.05, 0.1) is 23.5 Å². The number of benzene rings is 1. The van der Waals surface area contributed by atoms with E-state index >= 15 is 0 Å². The molecule has 1 fully saturated rings. The zero-order valence-corrected chi connectivity index (χ0v) is 28.3. The van der Waals surface area contributed by atoms with Gasteiger partial charge in [-0.05, 0) is 77.3 Å². The smallest absolute Gasteiger partial charge is 0.264 e. The van der Waals surface area contributed by atoms with E-state index in [4.69, 9.17) is 9.73 Å². The number of ether oxygens (including phenoxy) is 1. The molecule has 0 saturated heterocycles. The third-order valence-corrected chi connectivity index (χ3v) is 8.47. The number of para-hydroxylation sites is 1. The van der Waals surface area contributed by atoms with Gasteiger partial charge < -0.3 is 15.0 Å². The average molecular weight is 602 g/mol. The Morgan fingerprint density at radius 1 is 1.20 bits per heavy atom. The van der Waals surface area contributed by atoms with Crippen molar-refractivity contribution in [3.63, 3.8) is 0 Å². The Hall–Kier alpha value is -3.57. The summed E-state index contributed by atoms with van der Waals surface area (Å²) >= 11 is 0. The summed E-state index contributed by atoms with van der Waals surface area (Å²) in [6.07, 6.45) is 12.1. The van der Waals surface area contributed by atoms with Gasteiger partial charge in [0.25, 0.3) is 5.91 Å². The number of rotatable bonds is 14. The summed E-state index contributed by atoms with van der Waals surface area (Å²) in [5, 5.41) is 8.14. The molecule has 0 bridgehead atoms. The number of unbranched alkanes of at least 4 members (excludes halogenated alkanes) is 1. The second kappa shape index (κ2) is 17.7. The van der Waals surface area contributed by atoms with Crippen LogP contribution in [0, 0.1) is 0 Å². The maximum Gasteiger partial charge on any atom is 0.264 e. The van der Waals surface area contributed by atoms with Crippen LogP contribution in [0.1, 0.15) is 117 Å². The monoisotopic (exact) mass is 601 g/mol. The minimum atomic E-state index is -0.653. The number of nitrogens with zero attached hydrogens (tertiary/aromatic N) is 4.